The van der Waals surface area contributed by atoms with E-state index in [9.17, 15) is 14.0 Å². The highest BCUT2D eigenvalue weighted by Gasteiger charge is 2.28. The van der Waals surface area contributed by atoms with E-state index in [1.807, 2.05) is 24.3 Å². The number of anilines is 1. The lowest BCUT2D eigenvalue weighted by molar-refractivity contribution is -0.126. The van der Waals surface area contributed by atoms with Crippen LogP contribution in [0.3, 0.4) is 0 Å². The van der Waals surface area contributed by atoms with Crippen molar-refractivity contribution < 1.29 is 14.0 Å². The molecule has 2 amide bonds. The van der Waals surface area contributed by atoms with E-state index in [2.05, 4.69) is 5.32 Å². The Morgan fingerprint density at radius 1 is 1.17 bits per heavy atom. The molecule has 1 aliphatic heterocycles. The largest absolute Gasteiger partial charge is 0.344 e. The molecule has 0 unspecified atom stereocenters. The van der Waals surface area contributed by atoms with E-state index in [0.29, 0.717) is 12.1 Å². The fourth-order valence-electron chi connectivity index (χ4n) is 2.94. The zero-order valence-electron chi connectivity index (χ0n) is 13.5. The zero-order chi connectivity index (χ0) is 17.1. The minimum atomic E-state index is -0.607. The molecule has 124 valence electrons. The van der Waals surface area contributed by atoms with Crippen molar-refractivity contribution in [2.45, 2.75) is 25.8 Å². The standard InChI is InChI=1S/C19H19FN2O2/c1-13(21-18(23)12-14-6-8-16(20)9-7-14)19(24)22-11-10-15-4-2-3-5-17(15)22/h2-9,13H,10-12H2,1H3,(H,21,23)/t13-/m0/s1. The van der Waals surface area contributed by atoms with Crippen LogP contribution in [0.1, 0.15) is 18.1 Å². The molecule has 0 aromatic heterocycles. The molecule has 2 aromatic rings. The molecule has 5 heteroatoms. The predicted molar refractivity (Wildman–Crippen MR) is 90.2 cm³/mol. The Bertz CT molecular complexity index is 758. The van der Waals surface area contributed by atoms with Crippen molar-refractivity contribution >= 4 is 17.5 Å². The summed E-state index contributed by atoms with van der Waals surface area (Å²) in [5.41, 5.74) is 2.78. The van der Waals surface area contributed by atoms with E-state index in [1.165, 1.54) is 12.1 Å². The van der Waals surface area contributed by atoms with Gasteiger partial charge in [0.15, 0.2) is 0 Å². The third-order valence-corrected chi connectivity index (χ3v) is 4.18. The fraction of sp³-hybridized carbons (Fsp3) is 0.263. The molecule has 4 nitrogen and oxygen atoms in total. The van der Waals surface area contributed by atoms with Gasteiger partial charge in [-0.3, -0.25) is 9.59 Å². The summed E-state index contributed by atoms with van der Waals surface area (Å²) >= 11 is 0. The minimum absolute atomic E-state index is 0.118. The van der Waals surface area contributed by atoms with Crippen molar-refractivity contribution in [2.75, 3.05) is 11.4 Å². The van der Waals surface area contributed by atoms with Crippen LogP contribution in [0.25, 0.3) is 0 Å². The van der Waals surface area contributed by atoms with Gasteiger partial charge in [-0.2, -0.15) is 0 Å². The van der Waals surface area contributed by atoms with Gasteiger partial charge in [-0.15, -0.1) is 0 Å². The lowest BCUT2D eigenvalue weighted by Crippen LogP contribution is -2.47. The van der Waals surface area contributed by atoms with Gasteiger partial charge in [0.05, 0.1) is 6.42 Å². The van der Waals surface area contributed by atoms with Crippen LogP contribution < -0.4 is 10.2 Å². The summed E-state index contributed by atoms with van der Waals surface area (Å²) in [6.07, 6.45) is 0.951. The average Bonchev–Trinajstić information content (AvgIpc) is 3.00. The number of amides is 2. The Hall–Kier alpha value is -2.69. The Balaban J connectivity index is 1.60. The first-order valence-electron chi connectivity index (χ1n) is 7.97. The molecule has 0 saturated carbocycles. The number of hydrogen-bond donors (Lipinski definition) is 1. The molecule has 3 rings (SSSR count). The fourth-order valence-corrected chi connectivity index (χ4v) is 2.94. The second-order valence-electron chi connectivity index (χ2n) is 5.96. The number of para-hydroxylation sites is 1. The molecule has 2 aromatic carbocycles. The second-order valence-corrected chi connectivity index (χ2v) is 5.96. The number of fused-ring (bicyclic) bond motifs is 1. The number of carbonyl (C=O) groups is 2. The lowest BCUT2D eigenvalue weighted by atomic mass is 10.1. The van der Waals surface area contributed by atoms with Crippen LogP contribution in [0, 0.1) is 5.82 Å². The normalized spacial score (nSPS) is 14.2. The molecule has 0 fully saturated rings. The van der Waals surface area contributed by atoms with Crippen LogP contribution in [0.4, 0.5) is 10.1 Å². The summed E-state index contributed by atoms with van der Waals surface area (Å²) in [6.45, 7) is 2.32. The molecule has 0 bridgehead atoms. The summed E-state index contributed by atoms with van der Waals surface area (Å²) in [5, 5.41) is 2.73. The topological polar surface area (TPSA) is 49.4 Å². The van der Waals surface area contributed by atoms with Gasteiger partial charge in [0.1, 0.15) is 11.9 Å². The maximum atomic E-state index is 12.9. The number of hydrogen-bond acceptors (Lipinski definition) is 2. The molecule has 1 atom stereocenters. The average molecular weight is 326 g/mol. The van der Waals surface area contributed by atoms with Gasteiger partial charge in [-0.1, -0.05) is 30.3 Å². The highest BCUT2D eigenvalue weighted by atomic mass is 19.1. The van der Waals surface area contributed by atoms with Crippen LogP contribution in [0.5, 0.6) is 0 Å². The van der Waals surface area contributed by atoms with Gasteiger partial charge in [0, 0.05) is 12.2 Å². The van der Waals surface area contributed by atoms with E-state index in [0.717, 1.165) is 17.7 Å². The number of halogens is 1. The highest BCUT2D eigenvalue weighted by Crippen LogP contribution is 2.27. The summed E-state index contributed by atoms with van der Waals surface area (Å²) in [5.74, 6) is -0.710. The van der Waals surface area contributed by atoms with Crippen LogP contribution >= 0.6 is 0 Å². The second kappa shape index (κ2) is 6.83. The van der Waals surface area contributed by atoms with Crippen LogP contribution in [-0.2, 0) is 22.4 Å². The molecule has 0 aliphatic carbocycles. The van der Waals surface area contributed by atoms with Crippen molar-refractivity contribution in [2.24, 2.45) is 0 Å². The summed E-state index contributed by atoms with van der Waals surface area (Å²) in [7, 11) is 0. The quantitative estimate of drug-likeness (QED) is 0.938. The maximum Gasteiger partial charge on any atom is 0.249 e. The first-order valence-corrected chi connectivity index (χ1v) is 7.97. The number of nitrogens with zero attached hydrogens (tertiary/aromatic N) is 1. The van der Waals surface area contributed by atoms with Gasteiger partial charge < -0.3 is 10.2 Å². The zero-order valence-corrected chi connectivity index (χ0v) is 13.5. The van der Waals surface area contributed by atoms with Crippen LogP contribution in [-0.4, -0.2) is 24.4 Å². The van der Waals surface area contributed by atoms with Crippen molar-refractivity contribution in [1.82, 2.24) is 5.32 Å². The van der Waals surface area contributed by atoms with Gasteiger partial charge in [0.25, 0.3) is 0 Å². The van der Waals surface area contributed by atoms with E-state index in [4.69, 9.17) is 0 Å². The Kier molecular flexibility index (Phi) is 4.60. The predicted octanol–water partition coefficient (Wildman–Crippen LogP) is 2.46. The number of benzene rings is 2. The minimum Gasteiger partial charge on any atom is -0.344 e. The van der Waals surface area contributed by atoms with Gasteiger partial charge in [-0.05, 0) is 42.7 Å². The Labute approximate surface area is 140 Å². The monoisotopic (exact) mass is 326 g/mol. The van der Waals surface area contributed by atoms with Crippen molar-refractivity contribution in [3.8, 4) is 0 Å². The van der Waals surface area contributed by atoms with Crippen molar-refractivity contribution in [3.63, 3.8) is 0 Å². The molecule has 0 saturated heterocycles. The Morgan fingerprint density at radius 3 is 2.62 bits per heavy atom. The molecular weight excluding hydrogens is 307 g/mol. The molecule has 24 heavy (non-hydrogen) atoms. The highest BCUT2D eigenvalue weighted by molar-refractivity contribution is 6.00. The van der Waals surface area contributed by atoms with Gasteiger partial charge >= 0.3 is 0 Å². The van der Waals surface area contributed by atoms with E-state index in [1.54, 1.807) is 24.0 Å². The number of nitrogens with one attached hydrogen (secondary N) is 1. The first kappa shape index (κ1) is 16.2. The SMILES string of the molecule is C[C@H](NC(=O)Cc1ccc(F)cc1)C(=O)N1CCc2ccccc21. The lowest BCUT2D eigenvalue weighted by Gasteiger charge is -2.22. The number of carbonyl (C=O) groups excluding carboxylic acids is 2. The summed E-state index contributed by atoms with van der Waals surface area (Å²) in [4.78, 5) is 26.4. The Morgan fingerprint density at radius 2 is 1.88 bits per heavy atom. The molecule has 1 aliphatic rings. The molecule has 0 spiro atoms. The van der Waals surface area contributed by atoms with Crippen molar-refractivity contribution in [1.29, 1.82) is 0 Å². The number of rotatable bonds is 4. The third-order valence-electron chi connectivity index (χ3n) is 4.18. The summed E-state index contributed by atoms with van der Waals surface area (Å²) < 4.78 is 12.9. The molecular formula is C19H19FN2O2. The van der Waals surface area contributed by atoms with Crippen LogP contribution in [0.15, 0.2) is 48.5 Å². The molecule has 1 N–H and O–H groups in total. The van der Waals surface area contributed by atoms with Gasteiger partial charge in [0.2, 0.25) is 11.8 Å². The third kappa shape index (κ3) is 3.45. The van der Waals surface area contributed by atoms with E-state index < -0.39 is 6.04 Å². The first-order chi connectivity index (χ1) is 11.5. The van der Waals surface area contributed by atoms with E-state index in [-0.39, 0.29) is 24.1 Å². The van der Waals surface area contributed by atoms with Gasteiger partial charge in [-0.25, -0.2) is 4.39 Å². The smallest absolute Gasteiger partial charge is 0.249 e. The van der Waals surface area contributed by atoms with Crippen LogP contribution in [0.2, 0.25) is 0 Å². The van der Waals surface area contributed by atoms with E-state index >= 15 is 0 Å². The maximum absolute atomic E-state index is 12.9. The molecule has 0 radical (unpaired) electrons. The van der Waals surface area contributed by atoms with Crippen molar-refractivity contribution in [3.05, 3.63) is 65.5 Å². The molecule has 1 heterocycles. The summed E-state index contributed by atoms with van der Waals surface area (Å²) in [6, 6.07) is 13.0.